The molecule has 0 bridgehead atoms. The number of ether oxygens (including phenoxy) is 1. The third kappa shape index (κ3) is 28.9. The van der Waals surface area contributed by atoms with Gasteiger partial charge in [0.15, 0.2) is 17.3 Å². The highest BCUT2D eigenvalue weighted by molar-refractivity contribution is 7.95. The Labute approximate surface area is 740 Å². The van der Waals surface area contributed by atoms with E-state index in [1.807, 2.05) is 123 Å². The van der Waals surface area contributed by atoms with Crippen LogP contribution in [-0.2, 0) is 68.7 Å². The van der Waals surface area contributed by atoms with Crippen LogP contribution in [0, 0.1) is 59.2 Å². The summed E-state index contributed by atoms with van der Waals surface area (Å²) in [6.45, 7) is 31.2. The van der Waals surface area contributed by atoms with Crippen molar-refractivity contribution in [3.63, 3.8) is 0 Å². The Morgan fingerprint density at radius 1 is 0.484 bits per heavy atom. The highest BCUT2D eigenvalue weighted by Gasteiger charge is 2.49. The Kier molecular flexibility index (Phi) is 42.5. The van der Waals surface area contributed by atoms with Crippen LogP contribution in [0.15, 0.2) is 127 Å². The first-order valence-electron chi connectivity index (χ1n) is 44.7. The summed E-state index contributed by atoms with van der Waals surface area (Å²) in [4.78, 5) is 204. The van der Waals surface area contributed by atoms with Crippen LogP contribution in [0.25, 0.3) is 0 Å². The van der Waals surface area contributed by atoms with Crippen LogP contribution in [0.1, 0.15) is 198 Å². The number of nitrogens with one attached hydrogen (secondary N) is 3. The average molecular weight is 1740 g/mol. The molecule has 0 aromatic heterocycles. The molecule has 1 unspecified atom stereocenters. The SMILES string of the molecule is C/C=C/C[C@@H](C)[C@@H](O)[C@H]1C(=O)C[C@@H](CC)C(=O)N(C)C(Cc2ccc(C(=O)NCCOCCNC(=O)CC[P+](c3ccccc3)(c3ccccc3)c3ccccc3)cc2)C(=O)N(C)[C@@H](CC(C)C)C(=O)C[C@@H](C(C)C)C(=O)N(C)[C@@H](CC(C)C)C(=O)C[C@@H](C)C(=O)N[C@H](C)C(=O)N(C)[C@@H](CC(C)C)C(=O)N(C)[C@@H](CC(C)C)C(=O)N(C)[C@@H](C(C)C)C(=O)N1C. The van der Waals surface area contributed by atoms with Crippen LogP contribution in [0.3, 0.4) is 0 Å². The Bertz CT molecular complexity index is 4100. The minimum absolute atomic E-state index is 0.0371. The van der Waals surface area contributed by atoms with Gasteiger partial charge in [-0.05, 0) is 148 Å². The van der Waals surface area contributed by atoms with Crippen molar-refractivity contribution in [3.8, 4) is 0 Å². The number of rotatable bonds is 30. The van der Waals surface area contributed by atoms with Gasteiger partial charge in [-0.25, -0.2) is 0 Å². The van der Waals surface area contributed by atoms with Crippen LogP contribution in [-0.4, -0.2) is 252 Å². The van der Waals surface area contributed by atoms with Crippen molar-refractivity contribution in [2.24, 2.45) is 59.2 Å². The van der Waals surface area contributed by atoms with Crippen molar-refractivity contribution in [1.29, 1.82) is 0 Å². The molecule has 1 heterocycles. The number of hydrogen-bond donors (Lipinski definition) is 4. The molecule has 1 fully saturated rings. The zero-order valence-electron chi connectivity index (χ0n) is 78.6. The zero-order valence-corrected chi connectivity index (χ0v) is 79.5. The number of Topliss-reactive ketones (excluding diaryl/α,β-unsaturated/α-hetero) is 3. The molecule has 4 aromatic carbocycles. The number of carbonyl (C=O) groups excluding carboxylic acids is 13. The molecule has 1 aliphatic heterocycles. The maximum absolute atomic E-state index is 16.0. The number of benzene rings is 4. The lowest BCUT2D eigenvalue weighted by molar-refractivity contribution is -0.157. The van der Waals surface area contributed by atoms with E-state index in [-0.39, 0.29) is 126 Å². The predicted octanol–water partition coefficient (Wildman–Crippen LogP) is 10.4. The van der Waals surface area contributed by atoms with Gasteiger partial charge in [0.05, 0.1) is 44.0 Å². The minimum atomic E-state index is -2.23. The predicted molar refractivity (Wildman–Crippen MR) is 492 cm³/mol. The molecular formula is C98H148N10O15P+. The minimum Gasteiger partial charge on any atom is -0.390 e. The molecule has 5 rings (SSSR count). The fourth-order valence-corrected chi connectivity index (χ4v) is 21.1. The molecule has 1 aliphatic rings. The summed E-state index contributed by atoms with van der Waals surface area (Å²) in [6, 6.07) is 27.5. The molecule has 13 atom stereocenters. The van der Waals surface area contributed by atoms with Gasteiger partial charge in [0.2, 0.25) is 53.2 Å². The maximum atomic E-state index is 16.0. The Morgan fingerprint density at radius 2 is 0.903 bits per heavy atom. The monoisotopic (exact) mass is 1740 g/mol. The molecule has 0 aliphatic carbocycles. The van der Waals surface area contributed by atoms with E-state index in [9.17, 15) is 29.1 Å². The van der Waals surface area contributed by atoms with Crippen LogP contribution in [0.2, 0.25) is 0 Å². The summed E-state index contributed by atoms with van der Waals surface area (Å²) in [7, 11) is 7.98. The first-order valence-corrected chi connectivity index (χ1v) is 46.7. The molecule has 25 nitrogen and oxygen atoms in total. The topological polar surface area (TPSA) is 310 Å². The third-order valence-corrected chi connectivity index (χ3v) is 28.8. The Balaban J connectivity index is 1.55. The molecule has 0 spiro atoms. The number of likely N-dealkylation sites (N-methyl/N-ethyl adjacent to an activating group) is 7. The van der Waals surface area contributed by atoms with Crippen molar-refractivity contribution < 1.29 is 72.2 Å². The van der Waals surface area contributed by atoms with E-state index in [0.717, 1.165) is 4.90 Å². The van der Waals surface area contributed by atoms with Gasteiger partial charge in [0.25, 0.3) is 5.91 Å². The number of nitrogens with zero attached hydrogens (tertiary/aromatic N) is 7. The molecule has 26 heteroatoms. The van der Waals surface area contributed by atoms with Gasteiger partial charge >= 0.3 is 0 Å². The van der Waals surface area contributed by atoms with Crippen molar-refractivity contribution in [2.45, 2.75) is 243 Å². The van der Waals surface area contributed by atoms with E-state index < -0.39 is 174 Å². The summed E-state index contributed by atoms with van der Waals surface area (Å²) in [5, 5.41) is 24.8. The molecule has 124 heavy (non-hydrogen) atoms. The van der Waals surface area contributed by atoms with Gasteiger partial charge in [0.1, 0.15) is 59.4 Å². The maximum Gasteiger partial charge on any atom is 0.251 e. The number of aliphatic hydroxyl groups excluding tert-OH is 1. The molecule has 10 amide bonds. The number of allylic oxidation sites excluding steroid dienone is 2. The van der Waals surface area contributed by atoms with Gasteiger partial charge in [-0.1, -0.05) is 183 Å². The molecule has 4 aromatic rings. The van der Waals surface area contributed by atoms with Gasteiger partial charge in [-0.2, -0.15) is 0 Å². The normalized spacial score (nSPS) is 22.9. The van der Waals surface area contributed by atoms with Crippen LogP contribution in [0.5, 0.6) is 0 Å². The summed E-state index contributed by atoms with van der Waals surface area (Å²) in [5.41, 5.74) is 0.776. The molecule has 4 N–H and O–H groups in total. The van der Waals surface area contributed by atoms with Crippen molar-refractivity contribution in [2.75, 3.05) is 81.8 Å². The third-order valence-electron chi connectivity index (χ3n) is 24.4. The number of hydrogen-bond acceptors (Lipinski definition) is 15. The van der Waals surface area contributed by atoms with Crippen LogP contribution < -0.4 is 31.9 Å². The van der Waals surface area contributed by atoms with Gasteiger partial charge in [-0.3, -0.25) is 62.3 Å². The van der Waals surface area contributed by atoms with Crippen LogP contribution in [0.4, 0.5) is 0 Å². The second-order valence-corrected chi connectivity index (χ2v) is 40.3. The Hall–Kier alpha value is -9.32. The summed E-state index contributed by atoms with van der Waals surface area (Å²) in [6.07, 6.45) is 2.54. The number of carbonyl (C=O) groups is 13. The van der Waals surface area contributed by atoms with E-state index >= 15 is 38.4 Å². The number of amides is 10. The first kappa shape index (κ1) is 105. The van der Waals surface area contributed by atoms with E-state index in [2.05, 4.69) is 52.3 Å². The largest absolute Gasteiger partial charge is 0.390 e. The lowest BCUT2D eigenvalue weighted by Crippen LogP contribution is -2.61. The van der Waals surface area contributed by atoms with E-state index in [1.165, 1.54) is 102 Å². The fourth-order valence-electron chi connectivity index (χ4n) is 16.8. The van der Waals surface area contributed by atoms with Crippen molar-refractivity contribution >= 4 is 99.6 Å². The van der Waals surface area contributed by atoms with Gasteiger partial charge < -0.3 is 60.1 Å². The smallest absolute Gasteiger partial charge is 0.251 e. The standard InChI is InChI=1S/C98H147N10O15P/c1-25-27-37-68(15)89(113)88-85(111)60-72(26-2)93(117)105(21)82(59-71-44-46-73(47-45-71)91(115)100-50-52-123-51-49-99-86(112)48-53-124(74-38-31-28-32-39-74,75-40-33-29-34-41-75)76-42-35-30-36-43-76)96(120)103(19)79(55-63(5)6)84(110)61-77(66(11)12)94(118)102(18)78(54-62(3)4)83(109)58-69(16)90(114)101-70(17)92(116)104(20)80(56-64(7)8)95(119)106(22)81(57-65(9)10)97(121)107(23)87(67(13)14)98(122)108(88)24/h25,27-36,38-47,62-70,72,77-82,87-89,113H,26,37,48-61H2,1-24H3,(H2-,99,100,101,112,114,115)/p+1/b27-25+/t68-,69-,70-,72-,77+,78+,79+,80+,81+,82?,87+,88-,89-/m1/s1. The molecule has 0 radical (unpaired) electrons. The van der Waals surface area contributed by atoms with Gasteiger partial charge in [-0.15, -0.1) is 0 Å². The highest BCUT2D eigenvalue weighted by Crippen LogP contribution is 2.56. The number of aliphatic hydroxyl groups is 1. The highest BCUT2D eigenvalue weighted by atomic mass is 31.2. The zero-order chi connectivity index (χ0) is 92.9. The van der Waals surface area contributed by atoms with Crippen molar-refractivity contribution in [1.82, 2.24) is 50.2 Å². The second kappa shape index (κ2) is 50.1. The second-order valence-electron chi connectivity index (χ2n) is 36.7. The van der Waals surface area contributed by atoms with E-state index in [4.69, 9.17) is 4.74 Å². The van der Waals surface area contributed by atoms with Crippen molar-refractivity contribution in [3.05, 3.63) is 139 Å². The van der Waals surface area contributed by atoms with E-state index in [0.29, 0.717) is 11.7 Å². The molecular weight excluding hydrogens is 1590 g/mol. The number of ketones is 3. The average Bonchev–Trinajstić information content (AvgIpc) is 0.760. The lowest BCUT2D eigenvalue weighted by atomic mass is 9.84. The van der Waals surface area contributed by atoms with E-state index in [1.54, 1.807) is 78.8 Å². The fraction of sp³-hybridized carbons (Fsp3) is 0.602. The lowest BCUT2D eigenvalue weighted by Gasteiger charge is -2.41. The quantitative estimate of drug-likeness (QED) is 0.0214. The molecule has 684 valence electrons. The molecule has 0 saturated carbocycles. The first-order chi connectivity index (χ1) is 58.4. The summed E-state index contributed by atoms with van der Waals surface area (Å²) >= 11 is 0. The summed E-state index contributed by atoms with van der Waals surface area (Å²) < 4.78 is 5.88. The summed E-state index contributed by atoms with van der Waals surface area (Å²) in [5.74, 6) is -12.7. The van der Waals surface area contributed by atoms with Gasteiger partial charge in [0, 0.05) is 111 Å². The Morgan fingerprint density at radius 3 is 1.36 bits per heavy atom. The van der Waals surface area contributed by atoms with Crippen LogP contribution >= 0.6 is 7.26 Å². The molecule has 1 saturated heterocycles.